The lowest BCUT2D eigenvalue weighted by Gasteiger charge is -2.29. The average Bonchev–Trinajstić information content (AvgIpc) is 2.23. The lowest BCUT2D eigenvalue weighted by atomic mass is 9.99. The third-order valence-electron chi connectivity index (χ3n) is 2.58. The second-order valence-electron chi connectivity index (χ2n) is 3.93. The molecular weight excluding hydrogens is 212 g/mol. The van der Waals surface area contributed by atoms with Crippen molar-refractivity contribution in [3.05, 3.63) is 23.2 Å². The molecule has 0 heterocycles. The van der Waals surface area contributed by atoms with Gasteiger partial charge in [0.15, 0.2) is 0 Å². The molecule has 0 saturated carbocycles. The molecule has 0 aliphatic carbocycles. The van der Waals surface area contributed by atoms with E-state index in [0.717, 1.165) is 12.1 Å². The molecule has 4 N–H and O–H groups in total. The van der Waals surface area contributed by atoms with Gasteiger partial charge in [0.25, 0.3) is 0 Å². The smallest absolute Gasteiger partial charge is 0.0658 e. The molecule has 84 valence electrons. The van der Waals surface area contributed by atoms with Gasteiger partial charge in [-0.25, -0.2) is 0 Å². The molecule has 15 heavy (non-hydrogen) atoms. The molecule has 1 aromatic carbocycles. The van der Waals surface area contributed by atoms with Crippen LogP contribution < -0.4 is 11.1 Å². The predicted molar refractivity (Wildman–Crippen MR) is 65.3 cm³/mol. The van der Waals surface area contributed by atoms with E-state index in [1.807, 2.05) is 13.8 Å². The highest BCUT2D eigenvalue weighted by Gasteiger charge is 2.21. The molecule has 1 rings (SSSR count). The average molecular weight is 229 g/mol. The van der Waals surface area contributed by atoms with Crippen LogP contribution >= 0.6 is 11.6 Å². The molecule has 1 aromatic rings. The van der Waals surface area contributed by atoms with Gasteiger partial charge in [-0.1, -0.05) is 18.5 Å². The minimum absolute atomic E-state index is 0.0510. The van der Waals surface area contributed by atoms with Crippen LogP contribution in [-0.4, -0.2) is 17.3 Å². The van der Waals surface area contributed by atoms with Gasteiger partial charge in [0.1, 0.15) is 0 Å². The van der Waals surface area contributed by atoms with E-state index in [4.69, 9.17) is 17.3 Å². The van der Waals surface area contributed by atoms with E-state index in [0.29, 0.717) is 10.7 Å². The van der Waals surface area contributed by atoms with Gasteiger partial charge in [-0.05, 0) is 31.5 Å². The lowest BCUT2D eigenvalue weighted by Crippen LogP contribution is -2.38. The van der Waals surface area contributed by atoms with Crippen molar-refractivity contribution in [2.45, 2.75) is 25.8 Å². The van der Waals surface area contributed by atoms with Gasteiger partial charge in [0, 0.05) is 5.02 Å². The summed E-state index contributed by atoms with van der Waals surface area (Å²) in [5.74, 6) is 0. The summed E-state index contributed by atoms with van der Waals surface area (Å²) >= 11 is 5.87. The molecule has 3 nitrogen and oxygen atoms in total. The highest BCUT2D eigenvalue weighted by molar-refractivity contribution is 6.31. The van der Waals surface area contributed by atoms with Crippen molar-refractivity contribution in [2.24, 2.45) is 0 Å². The number of benzene rings is 1. The summed E-state index contributed by atoms with van der Waals surface area (Å²) in [6.07, 6.45) is 0.801. The first-order valence-electron chi connectivity index (χ1n) is 4.95. The molecule has 4 heteroatoms. The summed E-state index contributed by atoms with van der Waals surface area (Å²) in [5, 5.41) is 13.1. The van der Waals surface area contributed by atoms with E-state index in [1.54, 1.807) is 18.2 Å². The Morgan fingerprint density at radius 3 is 2.73 bits per heavy atom. The van der Waals surface area contributed by atoms with Gasteiger partial charge in [-0.2, -0.15) is 0 Å². The summed E-state index contributed by atoms with van der Waals surface area (Å²) in [7, 11) is 0. The molecule has 0 amide bonds. The van der Waals surface area contributed by atoms with Gasteiger partial charge in [-0.3, -0.25) is 0 Å². The molecule has 0 aromatic heterocycles. The van der Waals surface area contributed by atoms with Crippen molar-refractivity contribution in [2.75, 3.05) is 17.7 Å². The number of nitrogens with two attached hydrogens (primary N) is 1. The molecule has 0 spiro atoms. The summed E-state index contributed by atoms with van der Waals surface area (Å²) in [6, 6.07) is 5.25. The summed E-state index contributed by atoms with van der Waals surface area (Å²) in [6.45, 7) is 3.99. The van der Waals surface area contributed by atoms with Crippen LogP contribution in [0.3, 0.4) is 0 Å². The first kappa shape index (κ1) is 12.1. The van der Waals surface area contributed by atoms with Crippen LogP contribution in [0.1, 0.15) is 20.3 Å². The first-order chi connectivity index (χ1) is 7.00. The Labute approximate surface area is 95.2 Å². The molecule has 1 unspecified atom stereocenters. The minimum atomic E-state index is -0.362. The molecular formula is C11H17ClN2O. The fourth-order valence-corrected chi connectivity index (χ4v) is 1.37. The van der Waals surface area contributed by atoms with Crippen molar-refractivity contribution in [1.82, 2.24) is 0 Å². The predicted octanol–water partition coefficient (Wildman–Crippen LogP) is 2.50. The maximum Gasteiger partial charge on any atom is 0.0658 e. The van der Waals surface area contributed by atoms with E-state index < -0.39 is 0 Å². The first-order valence-corrected chi connectivity index (χ1v) is 5.32. The lowest BCUT2D eigenvalue weighted by molar-refractivity contribution is 0.219. The zero-order valence-electron chi connectivity index (χ0n) is 9.05. The van der Waals surface area contributed by atoms with Gasteiger partial charge >= 0.3 is 0 Å². The van der Waals surface area contributed by atoms with E-state index in [9.17, 15) is 5.11 Å². The van der Waals surface area contributed by atoms with Crippen molar-refractivity contribution >= 4 is 23.0 Å². The van der Waals surface area contributed by atoms with Crippen LogP contribution in [0.5, 0.6) is 0 Å². The highest BCUT2D eigenvalue weighted by Crippen LogP contribution is 2.26. The number of aliphatic hydroxyl groups is 1. The van der Waals surface area contributed by atoms with Crippen LogP contribution in [0.25, 0.3) is 0 Å². The van der Waals surface area contributed by atoms with Crippen LogP contribution in [0.15, 0.2) is 18.2 Å². The topological polar surface area (TPSA) is 58.3 Å². The van der Waals surface area contributed by atoms with Gasteiger partial charge in [-0.15, -0.1) is 0 Å². The molecule has 1 atom stereocenters. The second kappa shape index (κ2) is 4.73. The number of anilines is 2. The van der Waals surface area contributed by atoms with Gasteiger partial charge < -0.3 is 16.2 Å². The summed E-state index contributed by atoms with van der Waals surface area (Å²) in [5.41, 5.74) is 6.84. The third-order valence-corrected chi connectivity index (χ3v) is 2.82. The minimum Gasteiger partial charge on any atom is -0.397 e. The Bertz CT molecular complexity index is 337. The molecule has 0 aliphatic heterocycles. The Hall–Kier alpha value is -0.930. The number of aliphatic hydroxyl groups excluding tert-OH is 1. The summed E-state index contributed by atoms with van der Waals surface area (Å²) in [4.78, 5) is 0. The van der Waals surface area contributed by atoms with Crippen molar-refractivity contribution in [1.29, 1.82) is 0 Å². The maximum absolute atomic E-state index is 9.27. The quantitative estimate of drug-likeness (QED) is 0.694. The number of rotatable bonds is 4. The zero-order chi connectivity index (χ0) is 11.5. The Morgan fingerprint density at radius 1 is 1.53 bits per heavy atom. The van der Waals surface area contributed by atoms with E-state index >= 15 is 0 Å². The molecule has 0 radical (unpaired) electrons. The molecule has 0 aliphatic rings. The number of hydrogen-bond donors (Lipinski definition) is 3. The number of nitrogen functional groups attached to an aromatic ring is 1. The number of hydrogen-bond acceptors (Lipinski definition) is 3. The van der Waals surface area contributed by atoms with Crippen LogP contribution in [0.4, 0.5) is 11.4 Å². The Balaban J connectivity index is 2.92. The molecule has 0 fully saturated rings. The van der Waals surface area contributed by atoms with E-state index in [-0.39, 0.29) is 12.1 Å². The monoisotopic (exact) mass is 228 g/mol. The van der Waals surface area contributed by atoms with Crippen LogP contribution in [0.2, 0.25) is 5.02 Å². The summed E-state index contributed by atoms with van der Waals surface area (Å²) < 4.78 is 0. The Morgan fingerprint density at radius 2 is 2.20 bits per heavy atom. The number of halogens is 1. The second-order valence-corrected chi connectivity index (χ2v) is 4.37. The third kappa shape index (κ3) is 3.01. The fourth-order valence-electron chi connectivity index (χ4n) is 1.20. The van der Waals surface area contributed by atoms with Gasteiger partial charge in [0.2, 0.25) is 0 Å². The van der Waals surface area contributed by atoms with Crippen molar-refractivity contribution < 1.29 is 5.11 Å². The normalized spacial score (nSPS) is 14.7. The maximum atomic E-state index is 9.27. The van der Waals surface area contributed by atoms with Crippen molar-refractivity contribution in [3.63, 3.8) is 0 Å². The zero-order valence-corrected chi connectivity index (χ0v) is 9.80. The largest absolute Gasteiger partial charge is 0.397 e. The van der Waals surface area contributed by atoms with Crippen molar-refractivity contribution in [3.8, 4) is 0 Å². The van der Waals surface area contributed by atoms with Crippen LogP contribution in [0, 0.1) is 0 Å². The standard InChI is InChI=1S/C11H17ClN2O/c1-3-11(2,7-15)14-10-6-8(12)4-5-9(10)13/h4-6,14-15H,3,7,13H2,1-2H3. The van der Waals surface area contributed by atoms with Gasteiger partial charge in [0.05, 0.1) is 23.5 Å². The van der Waals surface area contributed by atoms with E-state index in [2.05, 4.69) is 5.32 Å². The SMILES string of the molecule is CCC(C)(CO)Nc1cc(Cl)ccc1N. The van der Waals surface area contributed by atoms with Crippen LogP contribution in [-0.2, 0) is 0 Å². The van der Waals surface area contributed by atoms with E-state index in [1.165, 1.54) is 0 Å². The Kier molecular flexibility index (Phi) is 3.83. The fraction of sp³-hybridized carbons (Fsp3) is 0.455. The highest BCUT2D eigenvalue weighted by atomic mass is 35.5. The molecule has 0 saturated heterocycles. The number of nitrogens with one attached hydrogen (secondary N) is 1. The molecule has 0 bridgehead atoms.